The lowest BCUT2D eigenvalue weighted by Crippen LogP contribution is -2.44. The van der Waals surface area contributed by atoms with Gasteiger partial charge < -0.3 is 5.11 Å². The number of rotatable bonds is 5. The summed E-state index contributed by atoms with van der Waals surface area (Å²) in [5, 5.41) is 13.0. The molecule has 5 nitrogen and oxygen atoms in total. The minimum Gasteiger partial charge on any atom is -0.481 e. The first-order valence-corrected chi connectivity index (χ1v) is 6.19. The average molecular weight is 253 g/mol. The minimum atomic E-state index is -0.761. The Balaban J connectivity index is 2.85. The van der Waals surface area contributed by atoms with Gasteiger partial charge in [0.1, 0.15) is 0 Å². The van der Waals surface area contributed by atoms with E-state index in [9.17, 15) is 4.79 Å². The van der Waals surface area contributed by atoms with Crippen molar-refractivity contribution in [3.63, 3.8) is 0 Å². The van der Waals surface area contributed by atoms with Crippen LogP contribution in [-0.4, -0.2) is 37.8 Å². The number of hydrogen-bond acceptors (Lipinski definition) is 3. The third-order valence-corrected chi connectivity index (χ3v) is 3.10. The van der Waals surface area contributed by atoms with Crippen molar-refractivity contribution in [1.29, 1.82) is 0 Å². The summed E-state index contributed by atoms with van der Waals surface area (Å²) < 4.78 is 1.77. The Morgan fingerprint density at radius 2 is 2.17 bits per heavy atom. The topological polar surface area (TPSA) is 58.4 Å². The smallest absolute Gasteiger partial charge is 0.304 e. The standard InChI is InChI=1S/C13H23N3O2/c1-10(11-8-14-15(5)9-11)16(13(2,3)4)7-6-12(17)18/h8-10H,6-7H2,1-5H3,(H,17,18). The van der Waals surface area contributed by atoms with Crippen molar-refractivity contribution >= 4 is 5.97 Å². The highest BCUT2D eigenvalue weighted by atomic mass is 16.4. The summed E-state index contributed by atoms with van der Waals surface area (Å²) in [6.07, 6.45) is 3.97. The lowest BCUT2D eigenvalue weighted by molar-refractivity contribution is -0.137. The highest BCUT2D eigenvalue weighted by molar-refractivity contribution is 5.66. The number of carboxylic acid groups (broad SMARTS) is 1. The molecule has 0 aliphatic rings. The molecule has 1 N–H and O–H groups in total. The van der Waals surface area contributed by atoms with Crippen LogP contribution in [-0.2, 0) is 11.8 Å². The van der Waals surface area contributed by atoms with Gasteiger partial charge in [-0.3, -0.25) is 14.4 Å². The second-order valence-corrected chi connectivity index (χ2v) is 5.63. The SMILES string of the molecule is CC(c1cnn(C)c1)N(CCC(=O)O)C(C)(C)C. The maximum absolute atomic E-state index is 10.8. The molecule has 0 aliphatic carbocycles. The van der Waals surface area contributed by atoms with Gasteiger partial charge in [-0.2, -0.15) is 5.10 Å². The van der Waals surface area contributed by atoms with Crippen LogP contribution in [0.3, 0.4) is 0 Å². The molecule has 0 saturated heterocycles. The molecule has 1 atom stereocenters. The van der Waals surface area contributed by atoms with Crippen molar-refractivity contribution in [2.45, 2.75) is 45.7 Å². The second kappa shape index (κ2) is 5.52. The Bertz CT molecular complexity index is 407. The van der Waals surface area contributed by atoms with Crippen molar-refractivity contribution < 1.29 is 9.90 Å². The molecule has 5 heteroatoms. The zero-order chi connectivity index (χ0) is 13.9. The van der Waals surface area contributed by atoms with Crippen LogP contribution in [0.1, 0.15) is 45.7 Å². The first kappa shape index (κ1) is 14.7. The zero-order valence-corrected chi connectivity index (χ0v) is 11.8. The van der Waals surface area contributed by atoms with Gasteiger partial charge in [-0.05, 0) is 27.7 Å². The fourth-order valence-electron chi connectivity index (χ4n) is 2.16. The average Bonchev–Trinajstić information content (AvgIpc) is 2.62. The van der Waals surface area contributed by atoms with E-state index < -0.39 is 5.97 Å². The monoisotopic (exact) mass is 253 g/mol. The van der Waals surface area contributed by atoms with Crippen LogP contribution in [0.4, 0.5) is 0 Å². The highest BCUT2D eigenvalue weighted by Gasteiger charge is 2.28. The lowest BCUT2D eigenvalue weighted by atomic mass is 10.00. The van der Waals surface area contributed by atoms with E-state index in [1.807, 2.05) is 19.4 Å². The maximum atomic E-state index is 10.8. The van der Waals surface area contributed by atoms with E-state index in [1.165, 1.54) is 0 Å². The molecule has 1 aromatic heterocycles. The Hall–Kier alpha value is -1.36. The molecule has 0 spiro atoms. The third kappa shape index (κ3) is 3.84. The van der Waals surface area contributed by atoms with E-state index in [4.69, 9.17) is 5.11 Å². The number of carbonyl (C=O) groups is 1. The van der Waals surface area contributed by atoms with Crippen LogP contribution in [0, 0.1) is 0 Å². The molecule has 0 bridgehead atoms. The van der Waals surface area contributed by atoms with E-state index in [0.29, 0.717) is 6.54 Å². The van der Waals surface area contributed by atoms with Crippen molar-refractivity contribution in [2.75, 3.05) is 6.54 Å². The molecule has 1 rings (SSSR count). The first-order chi connectivity index (χ1) is 8.21. The predicted molar refractivity (Wildman–Crippen MR) is 70.3 cm³/mol. The molecule has 0 fully saturated rings. The number of aryl methyl sites for hydroxylation is 1. The van der Waals surface area contributed by atoms with Crippen LogP contribution < -0.4 is 0 Å². The van der Waals surface area contributed by atoms with Crippen LogP contribution in [0.2, 0.25) is 0 Å². The van der Waals surface area contributed by atoms with Crippen molar-refractivity contribution in [3.05, 3.63) is 18.0 Å². The van der Waals surface area contributed by atoms with Gasteiger partial charge in [0.15, 0.2) is 0 Å². The van der Waals surface area contributed by atoms with Gasteiger partial charge in [0.2, 0.25) is 0 Å². The highest BCUT2D eigenvalue weighted by Crippen LogP contribution is 2.27. The Morgan fingerprint density at radius 1 is 1.56 bits per heavy atom. The molecule has 1 unspecified atom stereocenters. The molecular formula is C13H23N3O2. The Kier molecular flexibility index (Phi) is 4.51. The molecule has 0 aromatic carbocycles. The number of aromatic nitrogens is 2. The molecule has 0 radical (unpaired) electrons. The number of nitrogens with zero attached hydrogens (tertiary/aromatic N) is 3. The van der Waals surface area contributed by atoms with E-state index in [-0.39, 0.29) is 18.0 Å². The Morgan fingerprint density at radius 3 is 2.56 bits per heavy atom. The van der Waals surface area contributed by atoms with Crippen molar-refractivity contribution in [2.24, 2.45) is 7.05 Å². The van der Waals surface area contributed by atoms with Crippen molar-refractivity contribution in [3.8, 4) is 0 Å². The van der Waals surface area contributed by atoms with E-state index in [0.717, 1.165) is 5.56 Å². The second-order valence-electron chi connectivity index (χ2n) is 5.63. The number of hydrogen-bond donors (Lipinski definition) is 1. The maximum Gasteiger partial charge on any atom is 0.304 e. The van der Waals surface area contributed by atoms with Gasteiger partial charge in [-0.25, -0.2) is 0 Å². The normalized spacial score (nSPS) is 13.9. The number of aliphatic carboxylic acids is 1. The van der Waals surface area contributed by atoms with E-state index in [2.05, 4.69) is 37.7 Å². The Labute approximate surface area is 108 Å². The van der Waals surface area contributed by atoms with Crippen molar-refractivity contribution in [1.82, 2.24) is 14.7 Å². The fraction of sp³-hybridized carbons (Fsp3) is 0.692. The van der Waals surface area contributed by atoms with Crippen LogP contribution in [0.5, 0.6) is 0 Å². The summed E-state index contributed by atoms with van der Waals surface area (Å²) in [5.41, 5.74) is 1.03. The summed E-state index contributed by atoms with van der Waals surface area (Å²) in [5.74, 6) is -0.761. The summed E-state index contributed by atoms with van der Waals surface area (Å²) >= 11 is 0. The van der Waals surface area contributed by atoms with E-state index in [1.54, 1.807) is 4.68 Å². The minimum absolute atomic E-state index is 0.0787. The molecule has 0 amide bonds. The lowest BCUT2D eigenvalue weighted by Gasteiger charge is -2.39. The molecule has 0 aliphatic heterocycles. The van der Waals surface area contributed by atoms with Gasteiger partial charge in [0, 0.05) is 36.9 Å². The quantitative estimate of drug-likeness (QED) is 0.872. The largest absolute Gasteiger partial charge is 0.481 e. The third-order valence-electron chi connectivity index (χ3n) is 3.10. The molecule has 1 heterocycles. The van der Waals surface area contributed by atoms with Gasteiger partial charge in [-0.1, -0.05) is 0 Å². The molecule has 1 aromatic rings. The van der Waals surface area contributed by atoms with Gasteiger partial charge in [0.05, 0.1) is 12.6 Å². The molecule has 18 heavy (non-hydrogen) atoms. The predicted octanol–water partition coefficient (Wildman–Crippen LogP) is 2.06. The van der Waals surface area contributed by atoms with E-state index >= 15 is 0 Å². The fourth-order valence-corrected chi connectivity index (χ4v) is 2.16. The summed E-state index contributed by atoms with van der Waals surface area (Å²) in [6, 6.07) is 0.151. The first-order valence-electron chi connectivity index (χ1n) is 6.19. The van der Waals surface area contributed by atoms with Crippen LogP contribution in [0.15, 0.2) is 12.4 Å². The van der Waals surface area contributed by atoms with Gasteiger partial charge in [-0.15, -0.1) is 0 Å². The zero-order valence-electron chi connectivity index (χ0n) is 11.8. The molecule has 0 saturated carbocycles. The summed E-state index contributed by atoms with van der Waals surface area (Å²) in [7, 11) is 1.88. The number of carboxylic acids is 1. The summed E-state index contributed by atoms with van der Waals surface area (Å²) in [6.45, 7) is 8.92. The molecular weight excluding hydrogens is 230 g/mol. The molecule has 102 valence electrons. The van der Waals surface area contributed by atoms with Crippen LogP contribution >= 0.6 is 0 Å². The summed E-state index contributed by atoms with van der Waals surface area (Å²) in [4.78, 5) is 12.9. The van der Waals surface area contributed by atoms with Gasteiger partial charge in [0.25, 0.3) is 0 Å². The van der Waals surface area contributed by atoms with Crippen LogP contribution in [0.25, 0.3) is 0 Å². The van der Waals surface area contributed by atoms with Gasteiger partial charge >= 0.3 is 5.97 Å².